The summed E-state index contributed by atoms with van der Waals surface area (Å²) in [5.41, 5.74) is 1.77. The predicted molar refractivity (Wildman–Crippen MR) is 104 cm³/mol. The highest BCUT2D eigenvalue weighted by Gasteiger charge is 2.22. The van der Waals surface area contributed by atoms with E-state index in [1.165, 1.54) is 0 Å². The summed E-state index contributed by atoms with van der Waals surface area (Å²) in [4.78, 5) is 12.4. The van der Waals surface area contributed by atoms with E-state index in [0.29, 0.717) is 23.7 Å². The van der Waals surface area contributed by atoms with Crippen LogP contribution in [-0.2, 0) is 14.8 Å². The van der Waals surface area contributed by atoms with Gasteiger partial charge in [-0.2, -0.15) is 0 Å². The van der Waals surface area contributed by atoms with Gasteiger partial charge in [-0.05, 0) is 30.7 Å². The molecule has 7 heteroatoms. The summed E-state index contributed by atoms with van der Waals surface area (Å²) < 4.78 is 30.8. The molecule has 0 saturated heterocycles. The molecule has 0 radical (unpaired) electrons. The van der Waals surface area contributed by atoms with E-state index in [9.17, 15) is 13.2 Å². The Morgan fingerprint density at radius 3 is 2.62 bits per heavy atom. The van der Waals surface area contributed by atoms with E-state index in [4.69, 9.17) is 4.74 Å². The quantitative estimate of drug-likeness (QED) is 0.721. The number of ether oxygens (including phenoxy) is 1. The second kappa shape index (κ2) is 8.53. The van der Waals surface area contributed by atoms with Crippen LogP contribution in [0.25, 0.3) is 0 Å². The van der Waals surface area contributed by atoms with Crippen molar-refractivity contribution >= 4 is 27.3 Å². The molecule has 0 atom stereocenters. The molecule has 2 aromatic carbocycles. The molecule has 0 spiro atoms. The zero-order valence-corrected chi connectivity index (χ0v) is 15.6. The van der Waals surface area contributed by atoms with E-state index in [1.54, 1.807) is 55.5 Å². The molecule has 1 amide bonds. The van der Waals surface area contributed by atoms with Crippen LogP contribution >= 0.6 is 0 Å². The maximum atomic E-state index is 12.4. The van der Waals surface area contributed by atoms with Gasteiger partial charge in [-0.3, -0.25) is 9.10 Å². The van der Waals surface area contributed by atoms with Crippen molar-refractivity contribution in [2.75, 3.05) is 29.0 Å². The molecular weight excluding hydrogens is 352 g/mol. The molecule has 0 aliphatic heterocycles. The Balaban J connectivity index is 2.16. The Morgan fingerprint density at radius 1 is 1.23 bits per heavy atom. The van der Waals surface area contributed by atoms with Crippen LogP contribution in [0.3, 0.4) is 0 Å². The Kier molecular flexibility index (Phi) is 6.41. The molecule has 0 aromatic heterocycles. The Morgan fingerprint density at radius 2 is 1.96 bits per heavy atom. The number of aryl methyl sites for hydroxylation is 1. The van der Waals surface area contributed by atoms with E-state index in [-0.39, 0.29) is 6.54 Å². The van der Waals surface area contributed by atoms with E-state index in [2.05, 4.69) is 11.9 Å². The molecule has 2 rings (SSSR count). The van der Waals surface area contributed by atoms with Gasteiger partial charge in [0.25, 0.3) is 0 Å². The molecular formula is C19H22N2O4S. The summed E-state index contributed by atoms with van der Waals surface area (Å²) in [6, 6.07) is 13.9. The van der Waals surface area contributed by atoms with Crippen LogP contribution in [0.15, 0.2) is 61.2 Å². The lowest BCUT2D eigenvalue weighted by molar-refractivity contribution is -0.114. The fourth-order valence-corrected chi connectivity index (χ4v) is 3.29. The second-order valence-corrected chi connectivity index (χ2v) is 7.64. The van der Waals surface area contributed by atoms with E-state index in [1.807, 2.05) is 6.07 Å². The highest BCUT2D eigenvalue weighted by Crippen LogP contribution is 2.22. The van der Waals surface area contributed by atoms with Crippen molar-refractivity contribution < 1.29 is 17.9 Å². The van der Waals surface area contributed by atoms with Gasteiger partial charge in [0.15, 0.2) is 0 Å². The first-order valence-corrected chi connectivity index (χ1v) is 9.83. The molecule has 138 valence electrons. The first-order valence-electron chi connectivity index (χ1n) is 7.98. The average molecular weight is 374 g/mol. The van der Waals surface area contributed by atoms with E-state index < -0.39 is 15.9 Å². The minimum Gasteiger partial charge on any atom is -0.489 e. The lowest BCUT2D eigenvalue weighted by Gasteiger charge is -2.23. The summed E-state index contributed by atoms with van der Waals surface area (Å²) in [5.74, 6) is 0.140. The van der Waals surface area contributed by atoms with Crippen molar-refractivity contribution in [3.63, 3.8) is 0 Å². The van der Waals surface area contributed by atoms with Crippen LogP contribution in [-0.4, -0.2) is 33.7 Å². The lowest BCUT2D eigenvalue weighted by atomic mass is 10.2. The number of para-hydroxylation sites is 1. The second-order valence-electron chi connectivity index (χ2n) is 5.73. The SMILES string of the molecule is C=CCOc1cccc(NC(=O)CN(c2ccccc2C)S(C)(=O)=O)c1. The molecule has 2 aromatic rings. The number of carbonyl (C=O) groups excluding carboxylic acids is 1. The Bertz CT molecular complexity index is 894. The van der Waals surface area contributed by atoms with Gasteiger partial charge in [-0.15, -0.1) is 0 Å². The largest absolute Gasteiger partial charge is 0.489 e. The number of anilines is 2. The molecule has 0 bridgehead atoms. The van der Waals surface area contributed by atoms with Crippen LogP contribution in [0.1, 0.15) is 5.56 Å². The number of sulfonamides is 1. The molecule has 0 unspecified atom stereocenters. The smallest absolute Gasteiger partial charge is 0.245 e. The third-order valence-electron chi connectivity index (χ3n) is 3.56. The maximum Gasteiger partial charge on any atom is 0.245 e. The number of nitrogens with zero attached hydrogens (tertiary/aromatic N) is 1. The van der Waals surface area contributed by atoms with E-state index >= 15 is 0 Å². The minimum absolute atomic E-state index is 0.318. The standard InChI is InChI=1S/C19H22N2O4S/c1-4-12-25-17-10-7-9-16(13-17)20-19(22)14-21(26(3,23)24)18-11-6-5-8-15(18)2/h4-11,13H,1,12,14H2,2-3H3,(H,20,22). The highest BCUT2D eigenvalue weighted by atomic mass is 32.2. The van der Waals surface area contributed by atoms with Gasteiger partial charge in [0, 0.05) is 11.8 Å². The molecule has 6 nitrogen and oxygen atoms in total. The number of nitrogens with one attached hydrogen (secondary N) is 1. The molecule has 0 saturated carbocycles. The van der Waals surface area contributed by atoms with Crippen molar-refractivity contribution in [3.8, 4) is 5.75 Å². The number of hydrogen-bond acceptors (Lipinski definition) is 4. The topological polar surface area (TPSA) is 75.7 Å². The third-order valence-corrected chi connectivity index (χ3v) is 4.68. The average Bonchev–Trinajstić information content (AvgIpc) is 2.58. The van der Waals surface area contributed by atoms with Crippen molar-refractivity contribution in [1.29, 1.82) is 0 Å². The predicted octanol–water partition coefficient (Wildman–Crippen LogP) is 2.96. The zero-order chi connectivity index (χ0) is 19.2. The van der Waals surface area contributed by atoms with Crippen molar-refractivity contribution in [1.82, 2.24) is 0 Å². The maximum absolute atomic E-state index is 12.4. The van der Waals surface area contributed by atoms with Gasteiger partial charge < -0.3 is 10.1 Å². The summed E-state index contributed by atoms with van der Waals surface area (Å²) in [6.45, 7) is 5.41. The van der Waals surface area contributed by atoms with Crippen LogP contribution < -0.4 is 14.4 Å². The summed E-state index contributed by atoms with van der Waals surface area (Å²) in [6.07, 6.45) is 2.70. The van der Waals surface area contributed by atoms with Crippen LogP contribution in [0.2, 0.25) is 0 Å². The Hall–Kier alpha value is -2.80. The van der Waals surface area contributed by atoms with Crippen LogP contribution in [0, 0.1) is 6.92 Å². The number of benzene rings is 2. The summed E-state index contributed by atoms with van der Waals surface area (Å²) in [7, 11) is -3.61. The fourth-order valence-electron chi connectivity index (χ4n) is 2.37. The molecule has 0 heterocycles. The minimum atomic E-state index is -3.61. The number of amides is 1. The molecule has 1 N–H and O–H groups in total. The van der Waals surface area contributed by atoms with E-state index in [0.717, 1.165) is 16.1 Å². The van der Waals surface area contributed by atoms with Gasteiger partial charge in [0.1, 0.15) is 18.9 Å². The first kappa shape index (κ1) is 19.5. The van der Waals surface area contributed by atoms with Gasteiger partial charge in [-0.1, -0.05) is 36.9 Å². The third kappa shape index (κ3) is 5.35. The van der Waals surface area contributed by atoms with Gasteiger partial charge in [0.05, 0.1) is 11.9 Å². The van der Waals surface area contributed by atoms with Crippen molar-refractivity contribution in [2.24, 2.45) is 0 Å². The number of hydrogen-bond donors (Lipinski definition) is 1. The Labute approximate surface area is 154 Å². The van der Waals surface area contributed by atoms with Crippen LogP contribution in [0.4, 0.5) is 11.4 Å². The molecule has 0 fully saturated rings. The van der Waals surface area contributed by atoms with Crippen LogP contribution in [0.5, 0.6) is 5.75 Å². The van der Waals surface area contributed by atoms with Gasteiger partial charge in [0.2, 0.25) is 15.9 Å². The summed E-state index contributed by atoms with van der Waals surface area (Å²) in [5, 5.41) is 2.70. The van der Waals surface area contributed by atoms with Gasteiger partial charge in [-0.25, -0.2) is 8.42 Å². The fraction of sp³-hybridized carbons (Fsp3) is 0.211. The monoisotopic (exact) mass is 374 g/mol. The summed E-state index contributed by atoms with van der Waals surface area (Å²) >= 11 is 0. The molecule has 0 aliphatic carbocycles. The molecule has 0 aliphatic rings. The lowest BCUT2D eigenvalue weighted by Crippen LogP contribution is -2.37. The number of carbonyl (C=O) groups is 1. The van der Waals surface area contributed by atoms with Gasteiger partial charge >= 0.3 is 0 Å². The molecule has 26 heavy (non-hydrogen) atoms. The first-order chi connectivity index (χ1) is 12.3. The normalized spacial score (nSPS) is 10.8. The number of rotatable bonds is 8. The van der Waals surface area contributed by atoms with Crippen molar-refractivity contribution in [3.05, 3.63) is 66.7 Å². The van der Waals surface area contributed by atoms with Crippen molar-refractivity contribution in [2.45, 2.75) is 6.92 Å². The highest BCUT2D eigenvalue weighted by molar-refractivity contribution is 7.92. The zero-order valence-electron chi connectivity index (χ0n) is 14.8.